The third-order valence-electron chi connectivity index (χ3n) is 7.00. The van der Waals surface area contributed by atoms with Gasteiger partial charge < -0.3 is 35.2 Å². The van der Waals surface area contributed by atoms with Gasteiger partial charge >= 0.3 is 0 Å². The minimum Gasteiger partial charge on any atom is -0.462 e. The highest BCUT2D eigenvalue weighted by Gasteiger charge is 2.45. The number of thiol groups is 2. The van der Waals surface area contributed by atoms with Crippen molar-refractivity contribution in [3.63, 3.8) is 0 Å². The topological polar surface area (TPSA) is 152 Å². The normalized spacial score (nSPS) is 24.6. The average molecular weight is 588 g/mol. The fourth-order valence-corrected chi connectivity index (χ4v) is 5.08. The molecule has 11 nitrogen and oxygen atoms in total. The third-order valence-corrected chi connectivity index (χ3v) is 7.40. The second-order valence-electron chi connectivity index (χ2n) is 9.56. The van der Waals surface area contributed by atoms with Crippen LogP contribution in [0.5, 0.6) is 5.75 Å². The molecule has 1 saturated heterocycles. The van der Waals surface area contributed by atoms with Crippen LogP contribution < -0.4 is 10.1 Å². The standard InChI is InChI=1S/C27H29N3O8S2/c31-13-20-22(32)23(33)24(34)27(38-20)37-19-7-2-1-4-15(19)12-28-16-10-14-5-3-6-17-21(14)18(11-16)26(36)29(25(17)35)8-9-30(39)40/h1-7,10-11,20,22-24,27-28,31-34,39-40H,8-9,12-13H2. The third kappa shape index (κ3) is 5.51. The molecule has 2 aliphatic rings. The van der Waals surface area contributed by atoms with Gasteiger partial charge in [-0.3, -0.25) is 14.5 Å². The van der Waals surface area contributed by atoms with Crippen LogP contribution in [0.25, 0.3) is 10.8 Å². The lowest BCUT2D eigenvalue weighted by Crippen LogP contribution is -2.60. The first-order valence-electron chi connectivity index (χ1n) is 12.6. The van der Waals surface area contributed by atoms with E-state index < -0.39 is 43.2 Å². The Balaban J connectivity index is 1.38. The lowest BCUT2D eigenvalue weighted by atomic mass is 9.93. The summed E-state index contributed by atoms with van der Waals surface area (Å²) in [6, 6.07) is 15.8. The summed E-state index contributed by atoms with van der Waals surface area (Å²) >= 11 is 8.16. The van der Waals surface area contributed by atoms with Crippen molar-refractivity contribution >= 4 is 53.9 Å². The van der Waals surface area contributed by atoms with E-state index in [1.165, 1.54) is 8.61 Å². The number of anilines is 1. The van der Waals surface area contributed by atoms with Crippen molar-refractivity contribution in [2.45, 2.75) is 37.3 Å². The molecule has 5 rings (SSSR count). The molecule has 0 saturated carbocycles. The number of nitrogens with one attached hydrogen (secondary N) is 1. The van der Waals surface area contributed by atoms with Gasteiger partial charge in [-0.05, 0) is 29.7 Å². The van der Waals surface area contributed by atoms with Gasteiger partial charge in [0.1, 0.15) is 30.2 Å². The maximum Gasteiger partial charge on any atom is 0.261 e. The number of nitrogens with zero attached hydrogens (tertiary/aromatic N) is 2. The molecule has 212 valence electrons. The number of aliphatic hydroxyl groups excluding tert-OH is 4. The lowest BCUT2D eigenvalue weighted by molar-refractivity contribution is -0.277. The highest BCUT2D eigenvalue weighted by molar-refractivity contribution is 7.93. The molecule has 5 unspecified atom stereocenters. The number of hydrogen-bond acceptors (Lipinski definition) is 12. The molecule has 2 amide bonds. The number of aliphatic hydroxyl groups is 4. The van der Waals surface area contributed by atoms with E-state index >= 15 is 0 Å². The number of ether oxygens (including phenoxy) is 2. The van der Waals surface area contributed by atoms with Crippen LogP contribution in [-0.2, 0) is 11.3 Å². The Morgan fingerprint density at radius 2 is 1.70 bits per heavy atom. The Kier molecular flexibility index (Phi) is 8.54. The summed E-state index contributed by atoms with van der Waals surface area (Å²) in [5.41, 5.74) is 2.15. The van der Waals surface area contributed by atoms with Crippen molar-refractivity contribution in [3.05, 3.63) is 71.3 Å². The molecule has 5 atom stereocenters. The molecule has 3 aromatic rings. The van der Waals surface area contributed by atoms with Gasteiger partial charge in [0.25, 0.3) is 11.8 Å². The Labute approximate surface area is 241 Å². The fourth-order valence-electron chi connectivity index (χ4n) is 4.90. The van der Waals surface area contributed by atoms with Crippen LogP contribution >= 0.6 is 25.6 Å². The van der Waals surface area contributed by atoms with E-state index in [2.05, 4.69) is 30.9 Å². The summed E-state index contributed by atoms with van der Waals surface area (Å²) in [4.78, 5) is 27.6. The molecule has 40 heavy (non-hydrogen) atoms. The van der Waals surface area contributed by atoms with Crippen molar-refractivity contribution in [1.29, 1.82) is 0 Å². The summed E-state index contributed by atoms with van der Waals surface area (Å²) in [6.45, 7) is 0.0889. The van der Waals surface area contributed by atoms with Gasteiger partial charge in [0, 0.05) is 41.8 Å². The van der Waals surface area contributed by atoms with Crippen molar-refractivity contribution in [2.24, 2.45) is 0 Å². The number of para-hydroxylation sites is 1. The largest absolute Gasteiger partial charge is 0.462 e. The monoisotopic (exact) mass is 587 g/mol. The predicted octanol–water partition coefficient (Wildman–Crippen LogP) is 1.22. The van der Waals surface area contributed by atoms with Crippen LogP contribution in [0.2, 0.25) is 0 Å². The summed E-state index contributed by atoms with van der Waals surface area (Å²) in [5.74, 6) is -0.432. The number of carbonyl (C=O) groups is 2. The van der Waals surface area contributed by atoms with Gasteiger partial charge in [-0.2, -0.15) is 3.71 Å². The van der Waals surface area contributed by atoms with Gasteiger partial charge in [0.15, 0.2) is 0 Å². The number of amides is 2. The van der Waals surface area contributed by atoms with Crippen LogP contribution in [-0.4, -0.2) is 91.3 Å². The van der Waals surface area contributed by atoms with E-state index in [1.54, 1.807) is 42.5 Å². The van der Waals surface area contributed by atoms with Crippen LogP contribution in [0.3, 0.4) is 0 Å². The Morgan fingerprint density at radius 1 is 0.950 bits per heavy atom. The smallest absolute Gasteiger partial charge is 0.261 e. The quantitative estimate of drug-likeness (QED) is 0.144. The van der Waals surface area contributed by atoms with Crippen LogP contribution in [0.15, 0.2) is 54.6 Å². The second-order valence-corrected chi connectivity index (χ2v) is 10.8. The van der Waals surface area contributed by atoms with Crippen molar-refractivity contribution in [1.82, 2.24) is 8.61 Å². The number of hydrogen-bond donors (Lipinski definition) is 7. The van der Waals surface area contributed by atoms with Gasteiger partial charge in [0.2, 0.25) is 6.29 Å². The molecule has 0 spiro atoms. The maximum atomic E-state index is 13.4. The van der Waals surface area contributed by atoms with Crippen LogP contribution in [0.1, 0.15) is 26.3 Å². The zero-order chi connectivity index (χ0) is 28.6. The van der Waals surface area contributed by atoms with Crippen molar-refractivity contribution in [2.75, 3.05) is 25.0 Å². The zero-order valence-corrected chi connectivity index (χ0v) is 22.9. The number of imide groups is 1. The Hall–Kier alpha value is -2.88. The van der Waals surface area contributed by atoms with E-state index in [4.69, 9.17) is 9.47 Å². The molecule has 0 radical (unpaired) electrons. The lowest BCUT2D eigenvalue weighted by Gasteiger charge is -2.39. The summed E-state index contributed by atoms with van der Waals surface area (Å²) in [6.07, 6.45) is -7.02. The van der Waals surface area contributed by atoms with Gasteiger partial charge in [-0.25, -0.2) is 0 Å². The van der Waals surface area contributed by atoms with Crippen LogP contribution in [0.4, 0.5) is 5.69 Å². The SMILES string of the molecule is O=C1c2cccc3cc(NCc4ccccc4OC4OC(CO)C(O)C(O)C4O)cc(c23)C(=O)N1CCN(S)S. The van der Waals surface area contributed by atoms with E-state index in [-0.39, 0.29) is 25.5 Å². The molecule has 5 N–H and O–H groups in total. The predicted molar refractivity (Wildman–Crippen MR) is 152 cm³/mol. The molecule has 2 heterocycles. The van der Waals surface area contributed by atoms with Gasteiger partial charge in [-0.15, -0.1) is 0 Å². The highest BCUT2D eigenvalue weighted by atomic mass is 32.2. The van der Waals surface area contributed by atoms with Gasteiger partial charge in [-0.1, -0.05) is 56.0 Å². The Bertz CT molecular complexity index is 1420. The molecule has 0 bridgehead atoms. The van der Waals surface area contributed by atoms with Gasteiger partial charge in [0.05, 0.1) is 12.2 Å². The van der Waals surface area contributed by atoms with Crippen molar-refractivity contribution < 1.29 is 39.5 Å². The molecule has 0 aliphatic carbocycles. The van der Waals surface area contributed by atoms with Crippen molar-refractivity contribution in [3.8, 4) is 5.75 Å². The molecule has 1 fully saturated rings. The fraction of sp³-hybridized carbons (Fsp3) is 0.333. The zero-order valence-electron chi connectivity index (χ0n) is 21.1. The first kappa shape index (κ1) is 28.6. The highest BCUT2D eigenvalue weighted by Crippen LogP contribution is 2.34. The van der Waals surface area contributed by atoms with E-state index in [0.29, 0.717) is 33.5 Å². The van der Waals surface area contributed by atoms with E-state index in [9.17, 15) is 30.0 Å². The molecular weight excluding hydrogens is 558 g/mol. The van der Waals surface area contributed by atoms with E-state index in [0.717, 1.165) is 5.39 Å². The van der Waals surface area contributed by atoms with E-state index in [1.807, 2.05) is 12.1 Å². The molecule has 13 heteroatoms. The first-order chi connectivity index (χ1) is 19.2. The molecular formula is C27H29N3O8S2. The minimum atomic E-state index is -1.56. The molecule has 2 aliphatic heterocycles. The number of benzene rings is 3. The summed E-state index contributed by atoms with van der Waals surface area (Å²) < 4.78 is 12.6. The maximum absolute atomic E-state index is 13.4. The number of carbonyl (C=O) groups excluding carboxylic acids is 2. The van der Waals surface area contributed by atoms with Crippen LogP contribution in [0, 0.1) is 0 Å². The minimum absolute atomic E-state index is 0.126. The molecule has 3 aromatic carbocycles. The Morgan fingerprint density at radius 3 is 2.45 bits per heavy atom. The average Bonchev–Trinajstić information content (AvgIpc) is 2.95. The summed E-state index contributed by atoms with van der Waals surface area (Å²) in [7, 11) is 0. The first-order valence-corrected chi connectivity index (χ1v) is 13.4. The summed E-state index contributed by atoms with van der Waals surface area (Å²) in [5, 5.41) is 44.6. The number of rotatable bonds is 9. The second kappa shape index (κ2) is 11.9. The molecule has 0 aromatic heterocycles.